The fraction of sp³-hybridized carbons (Fsp3) is 0.118. The van der Waals surface area contributed by atoms with Crippen molar-refractivity contribution in [2.45, 2.75) is 6.54 Å². The number of nitrogens with two attached hydrogens (primary N) is 1. The highest BCUT2D eigenvalue weighted by molar-refractivity contribution is 5.96. The first-order chi connectivity index (χ1) is 12.0. The van der Waals surface area contributed by atoms with E-state index in [0.29, 0.717) is 5.69 Å². The monoisotopic (exact) mass is 344 g/mol. The molecule has 130 valence electrons. The largest absolute Gasteiger partial charge is 0.351 e. The standard InChI is InChI=1S/C17H17FN4O3/c18-14-4-2-1-3-13(14)16(24)21-10-15(23)20-9-11-5-7-12(8-6-11)22-17(19)25/h1-8H,9-10H2,(H,20,23)(H,21,24)(H3,19,22,25). The molecule has 0 aromatic heterocycles. The maximum atomic E-state index is 13.5. The molecule has 0 radical (unpaired) electrons. The molecule has 0 aliphatic heterocycles. The molecule has 4 amide bonds. The van der Waals surface area contributed by atoms with Crippen LogP contribution in [0, 0.1) is 5.82 Å². The molecule has 0 fully saturated rings. The zero-order valence-electron chi connectivity index (χ0n) is 13.2. The van der Waals surface area contributed by atoms with Crippen molar-refractivity contribution in [2.75, 3.05) is 11.9 Å². The molecule has 0 unspecified atom stereocenters. The molecule has 0 aliphatic carbocycles. The third-order valence-electron chi connectivity index (χ3n) is 3.24. The zero-order chi connectivity index (χ0) is 18.2. The van der Waals surface area contributed by atoms with Gasteiger partial charge in [-0.3, -0.25) is 9.59 Å². The highest BCUT2D eigenvalue weighted by Gasteiger charge is 2.11. The molecular weight excluding hydrogens is 327 g/mol. The summed E-state index contributed by atoms with van der Waals surface area (Å²) in [5.74, 6) is -1.72. The van der Waals surface area contributed by atoms with Crippen molar-refractivity contribution in [3.8, 4) is 0 Å². The molecule has 0 bridgehead atoms. The van der Waals surface area contributed by atoms with E-state index in [-0.39, 0.29) is 18.7 Å². The van der Waals surface area contributed by atoms with Gasteiger partial charge in [0, 0.05) is 12.2 Å². The SMILES string of the molecule is NC(=O)Nc1ccc(CNC(=O)CNC(=O)c2ccccc2F)cc1. The van der Waals surface area contributed by atoms with E-state index in [1.54, 1.807) is 24.3 Å². The first kappa shape index (κ1) is 17.9. The maximum absolute atomic E-state index is 13.5. The number of benzene rings is 2. The molecule has 0 spiro atoms. The molecule has 5 N–H and O–H groups in total. The number of nitrogens with one attached hydrogen (secondary N) is 3. The Morgan fingerprint density at radius 2 is 1.64 bits per heavy atom. The van der Waals surface area contributed by atoms with E-state index >= 15 is 0 Å². The third-order valence-corrected chi connectivity index (χ3v) is 3.24. The van der Waals surface area contributed by atoms with Crippen LogP contribution in [0.3, 0.4) is 0 Å². The third kappa shape index (κ3) is 5.61. The van der Waals surface area contributed by atoms with Crippen molar-refractivity contribution in [2.24, 2.45) is 5.73 Å². The minimum atomic E-state index is -0.661. The number of primary amides is 1. The first-order valence-corrected chi connectivity index (χ1v) is 7.40. The fourth-order valence-electron chi connectivity index (χ4n) is 2.01. The molecule has 25 heavy (non-hydrogen) atoms. The Labute approximate surface area is 143 Å². The summed E-state index contributed by atoms with van der Waals surface area (Å²) in [4.78, 5) is 34.3. The van der Waals surface area contributed by atoms with Crippen LogP contribution in [0.25, 0.3) is 0 Å². The van der Waals surface area contributed by atoms with E-state index in [1.807, 2.05) is 0 Å². The van der Waals surface area contributed by atoms with E-state index in [0.717, 1.165) is 5.56 Å². The van der Waals surface area contributed by atoms with Crippen LogP contribution in [0.4, 0.5) is 14.9 Å². The highest BCUT2D eigenvalue weighted by atomic mass is 19.1. The number of carbonyl (C=O) groups excluding carboxylic acids is 3. The predicted molar refractivity (Wildman–Crippen MR) is 90.2 cm³/mol. The molecular formula is C17H17FN4O3. The first-order valence-electron chi connectivity index (χ1n) is 7.40. The van der Waals surface area contributed by atoms with Gasteiger partial charge < -0.3 is 21.7 Å². The van der Waals surface area contributed by atoms with Gasteiger partial charge >= 0.3 is 6.03 Å². The number of hydrogen-bond donors (Lipinski definition) is 4. The van der Waals surface area contributed by atoms with Crippen LogP contribution in [0.2, 0.25) is 0 Å². The lowest BCUT2D eigenvalue weighted by atomic mass is 10.2. The van der Waals surface area contributed by atoms with Crippen molar-refractivity contribution in [1.29, 1.82) is 0 Å². The van der Waals surface area contributed by atoms with Gasteiger partial charge in [-0.2, -0.15) is 0 Å². The molecule has 0 saturated heterocycles. The second kappa shape index (κ2) is 8.44. The normalized spacial score (nSPS) is 9.96. The van der Waals surface area contributed by atoms with E-state index < -0.39 is 23.7 Å². The summed E-state index contributed by atoms with van der Waals surface area (Å²) in [6.45, 7) is -0.0280. The van der Waals surface area contributed by atoms with Gasteiger partial charge in [0.25, 0.3) is 5.91 Å². The van der Waals surface area contributed by atoms with Gasteiger partial charge in [0.05, 0.1) is 12.1 Å². The van der Waals surface area contributed by atoms with Crippen LogP contribution in [0.1, 0.15) is 15.9 Å². The predicted octanol–water partition coefficient (Wildman–Crippen LogP) is 1.36. The molecule has 7 nitrogen and oxygen atoms in total. The molecule has 2 aromatic carbocycles. The van der Waals surface area contributed by atoms with Crippen molar-refractivity contribution < 1.29 is 18.8 Å². The average molecular weight is 344 g/mol. The fourth-order valence-corrected chi connectivity index (χ4v) is 2.01. The van der Waals surface area contributed by atoms with Gasteiger partial charge in [-0.1, -0.05) is 24.3 Å². The summed E-state index contributed by atoms with van der Waals surface area (Å²) in [5, 5.41) is 7.40. The molecule has 0 aliphatic rings. The number of halogens is 1. The molecule has 0 atom stereocenters. The number of anilines is 1. The van der Waals surface area contributed by atoms with Crippen LogP contribution in [0.5, 0.6) is 0 Å². The van der Waals surface area contributed by atoms with Gasteiger partial charge in [0.15, 0.2) is 0 Å². The molecule has 0 saturated carbocycles. The smallest absolute Gasteiger partial charge is 0.316 e. The molecule has 0 heterocycles. The van der Waals surface area contributed by atoms with Crippen LogP contribution < -0.4 is 21.7 Å². The highest BCUT2D eigenvalue weighted by Crippen LogP contribution is 2.09. The van der Waals surface area contributed by atoms with Gasteiger partial charge in [0.1, 0.15) is 5.82 Å². The lowest BCUT2D eigenvalue weighted by Gasteiger charge is -2.08. The minimum Gasteiger partial charge on any atom is -0.351 e. The van der Waals surface area contributed by atoms with E-state index in [4.69, 9.17) is 5.73 Å². The lowest BCUT2D eigenvalue weighted by Crippen LogP contribution is -2.36. The van der Waals surface area contributed by atoms with Crippen LogP contribution in [0.15, 0.2) is 48.5 Å². The lowest BCUT2D eigenvalue weighted by molar-refractivity contribution is -0.120. The summed E-state index contributed by atoms with van der Waals surface area (Å²) in [5.41, 5.74) is 6.22. The van der Waals surface area contributed by atoms with E-state index in [9.17, 15) is 18.8 Å². The Balaban J connectivity index is 1.78. The summed E-state index contributed by atoms with van der Waals surface area (Å²) >= 11 is 0. The van der Waals surface area contributed by atoms with Crippen molar-refractivity contribution in [3.63, 3.8) is 0 Å². The summed E-state index contributed by atoms with van der Waals surface area (Å²) < 4.78 is 13.5. The maximum Gasteiger partial charge on any atom is 0.316 e. The quantitative estimate of drug-likeness (QED) is 0.634. The number of urea groups is 1. The molecule has 2 aromatic rings. The number of carbonyl (C=O) groups is 3. The Hall–Kier alpha value is -3.42. The second-order valence-corrected chi connectivity index (χ2v) is 5.13. The van der Waals surface area contributed by atoms with Crippen LogP contribution >= 0.6 is 0 Å². The summed E-state index contributed by atoms with van der Waals surface area (Å²) in [6.07, 6.45) is 0. The van der Waals surface area contributed by atoms with Crippen LogP contribution in [-0.2, 0) is 11.3 Å². The summed E-state index contributed by atoms with van der Waals surface area (Å²) in [6, 6.07) is 11.6. The van der Waals surface area contributed by atoms with Crippen molar-refractivity contribution in [3.05, 3.63) is 65.5 Å². The number of hydrogen-bond acceptors (Lipinski definition) is 3. The molecule has 2 rings (SSSR count). The average Bonchev–Trinajstić information content (AvgIpc) is 2.59. The van der Waals surface area contributed by atoms with Crippen molar-refractivity contribution in [1.82, 2.24) is 10.6 Å². The van der Waals surface area contributed by atoms with Crippen molar-refractivity contribution >= 4 is 23.5 Å². The van der Waals surface area contributed by atoms with Crippen LogP contribution in [-0.4, -0.2) is 24.4 Å². The minimum absolute atomic E-state index is 0.118. The number of rotatable bonds is 6. The second-order valence-electron chi connectivity index (χ2n) is 5.13. The van der Waals surface area contributed by atoms with Gasteiger partial charge in [-0.15, -0.1) is 0 Å². The molecule has 8 heteroatoms. The van der Waals surface area contributed by atoms with E-state index in [2.05, 4.69) is 16.0 Å². The Morgan fingerprint density at radius 3 is 2.28 bits per heavy atom. The van der Waals surface area contributed by atoms with Gasteiger partial charge in [-0.05, 0) is 29.8 Å². The Morgan fingerprint density at radius 1 is 0.960 bits per heavy atom. The Bertz CT molecular complexity index is 778. The number of amides is 4. The summed E-state index contributed by atoms with van der Waals surface area (Å²) in [7, 11) is 0. The van der Waals surface area contributed by atoms with E-state index in [1.165, 1.54) is 24.3 Å². The Kier molecular flexibility index (Phi) is 6.05. The van der Waals surface area contributed by atoms with Gasteiger partial charge in [-0.25, -0.2) is 9.18 Å². The topological polar surface area (TPSA) is 113 Å². The zero-order valence-corrected chi connectivity index (χ0v) is 13.2. The van der Waals surface area contributed by atoms with Gasteiger partial charge in [0.2, 0.25) is 5.91 Å².